The van der Waals surface area contributed by atoms with Crippen LogP contribution in [-0.2, 0) is 0 Å². The second kappa shape index (κ2) is 13.2. The predicted molar refractivity (Wildman–Crippen MR) is 160 cm³/mol. The lowest BCUT2D eigenvalue weighted by Crippen LogP contribution is -2.41. The van der Waals surface area contributed by atoms with E-state index < -0.39 is 0 Å². The quantitative estimate of drug-likeness (QED) is 0.219. The smallest absolute Gasteiger partial charge is 0.317 e. The highest BCUT2D eigenvalue weighted by molar-refractivity contribution is 7.16. The molecule has 1 atom stereocenters. The molecule has 206 valence electrons. The van der Waals surface area contributed by atoms with Crippen LogP contribution in [0.1, 0.15) is 38.7 Å². The van der Waals surface area contributed by atoms with Gasteiger partial charge in [0.25, 0.3) is 0 Å². The van der Waals surface area contributed by atoms with Crippen LogP contribution in [0.5, 0.6) is 0 Å². The molecule has 4 aromatic rings. The summed E-state index contributed by atoms with van der Waals surface area (Å²) >= 11 is 1.59. The van der Waals surface area contributed by atoms with Crippen LogP contribution in [0.3, 0.4) is 0 Å². The first kappa shape index (κ1) is 28.0. The number of thiazole rings is 1. The van der Waals surface area contributed by atoms with Gasteiger partial charge in [-0.1, -0.05) is 37.3 Å². The van der Waals surface area contributed by atoms with Crippen LogP contribution in [0.4, 0.5) is 28.3 Å². The molecule has 0 spiro atoms. The summed E-state index contributed by atoms with van der Waals surface area (Å²) in [6.45, 7) is 8.05. The molecule has 2 amide bonds. The molecule has 39 heavy (non-hydrogen) atoms. The zero-order valence-electron chi connectivity index (χ0n) is 23.2. The first-order valence-corrected chi connectivity index (χ1v) is 14.0. The summed E-state index contributed by atoms with van der Waals surface area (Å²) in [7, 11) is 3.76. The van der Waals surface area contributed by atoms with E-state index in [1.807, 2.05) is 67.7 Å². The molecule has 0 aliphatic heterocycles. The van der Waals surface area contributed by atoms with Gasteiger partial charge >= 0.3 is 6.03 Å². The third kappa shape index (κ3) is 8.00. The van der Waals surface area contributed by atoms with Crippen molar-refractivity contribution in [1.29, 1.82) is 0 Å². The molecule has 2 aromatic carbocycles. The molecule has 0 radical (unpaired) electrons. The summed E-state index contributed by atoms with van der Waals surface area (Å²) in [5.41, 5.74) is 4.93. The van der Waals surface area contributed by atoms with Gasteiger partial charge in [-0.3, -0.25) is 0 Å². The fraction of sp³-hybridized carbons (Fsp3) is 0.393. The fourth-order valence-corrected chi connectivity index (χ4v) is 4.70. The topological polar surface area (TPSA) is 111 Å². The largest absolute Gasteiger partial charge is 0.353 e. The van der Waals surface area contributed by atoms with Gasteiger partial charge in [0.05, 0.1) is 15.7 Å². The van der Waals surface area contributed by atoms with Gasteiger partial charge in [0.1, 0.15) is 0 Å². The van der Waals surface area contributed by atoms with E-state index in [4.69, 9.17) is 9.97 Å². The zero-order valence-corrected chi connectivity index (χ0v) is 24.0. The van der Waals surface area contributed by atoms with Crippen molar-refractivity contribution >= 4 is 51.1 Å². The molecule has 0 bridgehead atoms. The van der Waals surface area contributed by atoms with Crippen molar-refractivity contribution in [3.8, 4) is 0 Å². The number of nitrogens with one attached hydrogen (secondary N) is 3. The lowest BCUT2D eigenvalue weighted by Gasteiger charge is -2.22. The van der Waals surface area contributed by atoms with E-state index in [0.29, 0.717) is 37.5 Å². The molecule has 2 aromatic heterocycles. The first-order chi connectivity index (χ1) is 18.8. The minimum Gasteiger partial charge on any atom is -0.353 e. The van der Waals surface area contributed by atoms with Crippen LogP contribution in [0.15, 0.2) is 54.0 Å². The summed E-state index contributed by atoms with van der Waals surface area (Å²) in [5.74, 6) is 1.79. The maximum atomic E-state index is 12.2. The average molecular weight is 548 g/mol. The maximum absolute atomic E-state index is 12.2. The number of benzene rings is 2. The summed E-state index contributed by atoms with van der Waals surface area (Å²) < 4.78 is 1.09. The number of anilines is 4. The van der Waals surface area contributed by atoms with Gasteiger partial charge in [0.2, 0.25) is 17.8 Å². The van der Waals surface area contributed by atoms with E-state index in [0.717, 1.165) is 22.3 Å². The number of nitrogens with zero attached hydrogens (tertiary/aromatic N) is 6. The van der Waals surface area contributed by atoms with E-state index in [1.54, 1.807) is 23.3 Å². The third-order valence-electron chi connectivity index (χ3n) is 6.23. The Morgan fingerprint density at radius 2 is 1.74 bits per heavy atom. The molecule has 0 aliphatic carbocycles. The monoisotopic (exact) mass is 547 g/mol. The normalized spacial score (nSPS) is 11.8. The zero-order chi connectivity index (χ0) is 27.8. The van der Waals surface area contributed by atoms with Crippen molar-refractivity contribution < 1.29 is 4.79 Å². The number of carbonyl (C=O) groups is 1. The number of amides is 2. The van der Waals surface area contributed by atoms with Crippen molar-refractivity contribution in [2.24, 2.45) is 0 Å². The van der Waals surface area contributed by atoms with E-state index >= 15 is 0 Å². The number of urea groups is 1. The Kier molecular flexibility index (Phi) is 9.48. The van der Waals surface area contributed by atoms with Crippen molar-refractivity contribution in [3.05, 3.63) is 59.6 Å². The summed E-state index contributed by atoms with van der Waals surface area (Å²) in [6, 6.07) is 16.4. The Labute approximate surface area is 233 Å². The summed E-state index contributed by atoms with van der Waals surface area (Å²) in [6.07, 6.45) is 0.767. The van der Waals surface area contributed by atoms with E-state index in [1.165, 1.54) is 5.56 Å². The van der Waals surface area contributed by atoms with Gasteiger partial charge in [0, 0.05) is 45.5 Å². The van der Waals surface area contributed by atoms with Crippen LogP contribution >= 0.6 is 11.3 Å². The Morgan fingerprint density at radius 1 is 0.974 bits per heavy atom. The number of hydrogen-bond donors (Lipinski definition) is 3. The lowest BCUT2D eigenvalue weighted by molar-refractivity contribution is 0.206. The van der Waals surface area contributed by atoms with Gasteiger partial charge < -0.3 is 25.8 Å². The molecule has 10 nitrogen and oxygen atoms in total. The van der Waals surface area contributed by atoms with Gasteiger partial charge in [-0.2, -0.15) is 15.0 Å². The van der Waals surface area contributed by atoms with Crippen LogP contribution in [-0.4, -0.2) is 70.6 Å². The Balaban J connectivity index is 1.47. The molecular formula is C28H37N9OS. The SMILES string of the molecule is CC(C)NC(=O)N(C)CCCN(C)c1nc(NCC(C)c2ccccc2)nc(Nc2ccc3ncsc3c2)n1. The third-order valence-corrected chi connectivity index (χ3v) is 7.03. The highest BCUT2D eigenvalue weighted by Gasteiger charge is 2.14. The molecule has 0 saturated carbocycles. The highest BCUT2D eigenvalue weighted by Crippen LogP contribution is 2.24. The molecule has 1 unspecified atom stereocenters. The maximum Gasteiger partial charge on any atom is 0.317 e. The van der Waals surface area contributed by atoms with Crippen molar-refractivity contribution in [1.82, 2.24) is 30.2 Å². The van der Waals surface area contributed by atoms with Crippen LogP contribution < -0.4 is 20.9 Å². The minimum atomic E-state index is -0.0729. The van der Waals surface area contributed by atoms with Gasteiger partial charge in [-0.25, -0.2) is 9.78 Å². The molecule has 2 heterocycles. The molecular weight excluding hydrogens is 510 g/mol. The van der Waals surface area contributed by atoms with E-state index in [-0.39, 0.29) is 18.0 Å². The lowest BCUT2D eigenvalue weighted by atomic mass is 10.0. The van der Waals surface area contributed by atoms with Crippen molar-refractivity contribution in [3.63, 3.8) is 0 Å². The van der Waals surface area contributed by atoms with Crippen molar-refractivity contribution in [2.75, 3.05) is 49.3 Å². The van der Waals surface area contributed by atoms with Gasteiger partial charge in [-0.15, -0.1) is 11.3 Å². The first-order valence-electron chi connectivity index (χ1n) is 13.2. The number of fused-ring (bicyclic) bond motifs is 1. The molecule has 4 rings (SSSR count). The van der Waals surface area contributed by atoms with E-state index in [9.17, 15) is 4.79 Å². The van der Waals surface area contributed by atoms with E-state index in [2.05, 4.69) is 45.0 Å². The van der Waals surface area contributed by atoms with Crippen LogP contribution in [0.25, 0.3) is 10.2 Å². The Morgan fingerprint density at radius 3 is 2.51 bits per heavy atom. The fourth-order valence-electron chi connectivity index (χ4n) is 3.98. The molecule has 11 heteroatoms. The van der Waals surface area contributed by atoms with Crippen molar-refractivity contribution in [2.45, 2.75) is 39.2 Å². The predicted octanol–water partition coefficient (Wildman–Crippen LogP) is 5.32. The van der Waals surface area contributed by atoms with Gasteiger partial charge in [-0.05, 0) is 49.9 Å². The average Bonchev–Trinajstić information content (AvgIpc) is 3.39. The number of rotatable bonds is 12. The Bertz CT molecular complexity index is 1360. The van der Waals surface area contributed by atoms with Crippen LogP contribution in [0.2, 0.25) is 0 Å². The minimum absolute atomic E-state index is 0.0729. The number of hydrogen-bond acceptors (Lipinski definition) is 9. The molecule has 0 saturated heterocycles. The number of carbonyl (C=O) groups excluding carboxylic acids is 1. The Hall–Kier alpha value is -3.99. The summed E-state index contributed by atoms with van der Waals surface area (Å²) in [5, 5.41) is 9.65. The second-order valence-corrected chi connectivity index (χ2v) is 10.8. The molecule has 0 aliphatic rings. The summed E-state index contributed by atoms with van der Waals surface area (Å²) in [4.78, 5) is 34.3. The highest BCUT2D eigenvalue weighted by atomic mass is 32.1. The van der Waals surface area contributed by atoms with Gasteiger partial charge in [0.15, 0.2) is 0 Å². The standard InChI is InChI=1S/C28H37N9OS/c1-19(2)31-28(38)37(5)15-9-14-36(4)27-34-25(29-17-20(3)21-10-7-6-8-11-21)33-26(35-27)32-22-12-13-23-24(16-22)39-18-30-23/h6-8,10-13,16,18-20H,9,14-15,17H2,1-5H3,(H,31,38)(H2,29,32,33,34,35). The van der Waals surface area contributed by atoms with Crippen LogP contribution in [0, 0.1) is 0 Å². The molecule has 3 N–H and O–H groups in total. The number of aromatic nitrogens is 4. The second-order valence-electron chi connectivity index (χ2n) is 9.94. The molecule has 0 fully saturated rings.